The summed E-state index contributed by atoms with van der Waals surface area (Å²) in [5.41, 5.74) is 16.5. The summed E-state index contributed by atoms with van der Waals surface area (Å²) in [6.45, 7) is 26.7. The lowest BCUT2D eigenvalue weighted by molar-refractivity contribution is 0.393. The first-order chi connectivity index (χ1) is 40.8. The van der Waals surface area contributed by atoms with Gasteiger partial charge in [0.15, 0.2) is 0 Å². The summed E-state index contributed by atoms with van der Waals surface area (Å²) in [5.74, 6) is 2.62. The van der Waals surface area contributed by atoms with Gasteiger partial charge in [0.2, 0.25) is 0 Å². The zero-order valence-corrected chi connectivity index (χ0v) is 56.2. The molecule has 0 aromatic heterocycles. The zero-order chi connectivity index (χ0) is 60.5. The second kappa shape index (κ2) is 35.0. The predicted octanol–water partition coefficient (Wildman–Crippen LogP) is 22.3. The van der Waals surface area contributed by atoms with Gasteiger partial charge in [0.1, 0.15) is 23.0 Å². The van der Waals surface area contributed by atoms with Crippen molar-refractivity contribution < 1.29 is 27.2 Å². The molecule has 0 amide bonds. The minimum absolute atomic E-state index is 0.499. The standard InChI is InChI=1S/C76H108O6P2/c1-13-25-33-63-53-73(67(37-29-17-5)49-57(63)21-9)79-83(77,80-74-54-64(34-26-14-2)58(22-10)50-68(74)38-30-18-6)71-45-41-61(42-46-71)62-43-47-72(48-44-62)84(78,81-75-55-65(35-27-15-3)59(23-11)51-69(75)39-31-19-7)82-76-56-66(36-28-16-4)60(24-12)52-70(76)40-32-20-8/h41-56H,13-40H2,1-12H3. The molecule has 0 aliphatic heterocycles. The quantitative estimate of drug-likeness (QED) is 0.0358. The van der Waals surface area contributed by atoms with Crippen molar-refractivity contribution in [1.29, 1.82) is 0 Å². The number of hydrogen-bond acceptors (Lipinski definition) is 6. The highest BCUT2D eigenvalue weighted by Crippen LogP contribution is 2.53. The van der Waals surface area contributed by atoms with Gasteiger partial charge < -0.3 is 18.1 Å². The molecule has 6 rings (SSSR count). The first-order valence-corrected chi connectivity index (χ1v) is 36.7. The molecular formula is C76H108O6P2. The van der Waals surface area contributed by atoms with Gasteiger partial charge in [0.05, 0.1) is 10.6 Å². The first kappa shape index (κ1) is 68.1. The van der Waals surface area contributed by atoms with E-state index < -0.39 is 15.2 Å². The van der Waals surface area contributed by atoms with Gasteiger partial charge in [-0.2, -0.15) is 0 Å². The van der Waals surface area contributed by atoms with Crippen LogP contribution >= 0.6 is 15.2 Å². The molecule has 6 aromatic rings. The molecule has 84 heavy (non-hydrogen) atoms. The Morgan fingerprint density at radius 1 is 0.250 bits per heavy atom. The second-order valence-corrected chi connectivity index (χ2v) is 27.4. The lowest BCUT2D eigenvalue weighted by Crippen LogP contribution is -2.17. The van der Waals surface area contributed by atoms with Crippen LogP contribution in [0.15, 0.2) is 97.1 Å². The van der Waals surface area contributed by atoms with Gasteiger partial charge in [-0.05, 0) is 255 Å². The molecule has 6 aromatic carbocycles. The lowest BCUT2D eigenvalue weighted by Gasteiger charge is -2.26. The first-order valence-electron chi connectivity index (χ1n) is 33.6. The van der Waals surface area contributed by atoms with E-state index in [1.807, 2.05) is 48.5 Å². The third-order valence-corrected chi connectivity index (χ3v) is 20.6. The van der Waals surface area contributed by atoms with Crippen molar-refractivity contribution in [3.63, 3.8) is 0 Å². The number of hydrogen-bond donors (Lipinski definition) is 0. The van der Waals surface area contributed by atoms with Crippen molar-refractivity contribution in [2.75, 3.05) is 0 Å². The molecule has 0 atom stereocenters. The molecule has 0 saturated heterocycles. The Hall–Kier alpha value is -5.02. The van der Waals surface area contributed by atoms with Gasteiger partial charge in [-0.1, -0.05) is 183 Å². The van der Waals surface area contributed by atoms with E-state index in [4.69, 9.17) is 18.1 Å². The van der Waals surface area contributed by atoms with Crippen LogP contribution in [-0.4, -0.2) is 0 Å². The smallest absolute Gasteiger partial charge is 0.413 e. The van der Waals surface area contributed by atoms with Gasteiger partial charge in [0.25, 0.3) is 0 Å². The molecule has 8 heteroatoms. The van der Waals surface area contributed by atoms with Crippen LogP contribution in [0, 0.1) is 0 Å². The minimum atomic E-state index is -4.10. The molecule has 0 spiro atoms. The third-order valence-electron chi connectivity index (χ3n) is 17.0. The van der Waals surface area contributed by atoms with Crippen molar-refractivity contribution in [3.05, 3.63) is 164 Å². The van der Waals surface area contributed by atoms with E-state index in [1.165, 1.54) is 44.5 Å². The summed E-state index contributed by atoms with van der Waals surface area (Å²) in [6.07, 6.45) is 27.6. The van der Waals surface area contributed by atoms with E-state index >= 15 is 9.13 Å². The Morgan fingerprint density at radius 2 is 0.440 bits per heavy atom. The van der Waals surface area contributed by atoms with Crippen LogP contribution < -0.4 is 28.7 Å². The van der Waals surface area contributed by atoms with Crippen molar-refractivity contribution >= 4 is 25.8 Å². The maximum atomic E-state index is 16.3. The fraction of sp³-hybridized carbons (Fsp3) is 0.526. The van der Waals surface area contributed by atoms with E-state index in [2.05, 4.69) is 132 Å². The molecule has 0 saturated carbocycles. The molecule has 0 N–H and O–H groups in total. The summed E-state index contributed by atoms with van der Waals surface area (Å²) in [4.78, 5) is 0. The van der Waals surface area contributed by atoms with E-state index in [-0.39, 0.29) is 0 Å². The fourth-order valence-electron chi connectivity index (χ4n) is 11.6. The van der Waals surface area contributed by atoms with Crippen molar-refractivity contribution in [3.8, 4) is 34.1 Å². The zero-order valence-electron chi connectivity index (χ0n) is 54.4. The summed E-state index contributed by atoms with van der Waals surface area (Å²) >= 11 is 0. The molecule has 0 unspecified atom stereocenters. The third kappa shape index (κ3) is 18.5. The van der Waals surface area contributed by atoms with Gasteiger partial charge in [-0.15, -0.1) is 0 Å². The molecule has 0 fully saturated rings. The molecular weight excluding hydrogens is 1070 g/mol. The molecule has 0 heterocycles. The van der Waals surface area contributed by atoms with Gasteiger partial charge in [-0.3, -0.25) is 0 Å². The number of rotatable bonds is 39. The highest BCUT2D eigenvalue weighted by atomic mass is 31.2. The maximum absolute atomic E-state index is 16.3. The molecule has 0 bridgehead atoms. The Bertz CT molecular complexity index is 2700. The Kier molecular flexibility index (Phi) is 28.3. The Balaban J connectivity index is 1.50. The van der Waals surface area contributed by atoms with Crippen LogP contribution in [-0.2, 0) is 86.2 Å². The van der Waals surface area contributed by atoms with Crippen LogP contribution in [0.3, 0.4) is 0 Å². The summed E-state index contributed by atoms with van der Waals surface area (Å²) in [6, 6.07) is 33.7. The van der Waals surface area contributed by atoms with E-state index in [1.54, 1.807) is 0 Å². The van der Waals surface area contributed by atoms with Crippen LogP contribution in [0.25, 0.3) is 11.1 Å². The highest BCUT2D eigenvalue weighted by Gasteiger charge is 2.36. The van der Waals surface area contributed by atoms with Crippen LogP contribution in [0.4, 0.5) is 0 Å². The normalized spacial score (nSPS) is 11.8. The number of unbranched alkanes of at least 4 members (excludes halogenated alkanes) is 8. The molecule has 0 radical (unpaired) electrons. The summed E-state index contributed by atoms with van der Waals surface area (Å²) in [7, 11) is -8.21. The maximum Gasteiger partial charge on any atom is 0.462 e. The topological polar surface area (TPSA) is 71.1 Å². The van der Waals surface area contributed by atoms with Gasteiger partial charge >= 0.3 is 15.2 Å². The van der Waals surface area contributed by atoms with Crippen molar-refractivity contribution in [1.82, 2.24) is 0 Å². The largest absolute Gasteiger partial charge is 0.462 e. The average molecular weight is 1180 g/mol. The van der Waals surface area contributed by atoms with E-state index in [0.29, 0.717) is 33.6 Å². The monoisotopic (exact) mass is 1180 g/mol. The van der Waals surface area contributed by atoms with Gasteiger partial charge in [-0.25, -0.2) is 9.13 Å². The van der Waals surface area contributed by atoms with Crippen LogP contribution in [0.1, 0.15) is 253 Å². The molecule has 6 nitrogen and oxygen atoms in total. The number of benzene rings is 6. The molecule has 0 aliphatic carbocycles. The SMILES string of the molecule is CCCCc1cc(OP(=O)(Oc2cc(CCCC)c(CC)cc2CCCC)c2ccc(-c3ccc(P(=O)(Oc4cc(CCCC)c(CC)cc4CCCC)Oc4cc(CCCC)c(CC)cc4CCCC)cc3)cc2)c(CCCC)cc1CC. The fourth-order valence-corrected chi connectivity index (χ4v) is 14.9. The van der Waals surface area contributed by atoms with E-state index in [0.717, 1.165) is 213 Å². The van der Waals surface area contributed by atoms with Crippen molar-refractivity contribution in [2.45, 2.75) is 263 Å². The van der Waals surface area contributed by atoms with Crippen LogP contribution in [0.5, 0.6) is 23.0 Å². The summed E-state index contributed by atoms with van der Waals surface area (Å²) in [5, 5.41) is 0.998. The van der Waals surface area contributed by atoms with Crippen molar-refractivity contribution in [2.24, 2.45) is 0 Å². The Labute approximate surface area is 511 Å². The molecule has 458 valence electrons. The predicted molar refractivity (Wildman–Crippen MR) is 361 cm³/mol. The lowest BCUT2D eigenvalue weighted by atomic mass is 9.95. The number of aryl methyl sites for hydroxylation is 12. The highest BCUT2D eigenvalue weighted by molar-refractivity contribution is 7.63. The minimum Gasteiger partial charge on any atom is -0.413 e. The average Bonchev–Trinajstić information content (AvgIpc) is 3.37. The van der Waals surface area contributed by atoms with E-state index in [9.17, 15) is 0 Å². The molecule has 0 aliphatic rings. The Morgan fingerprint density at radius 3 is 0.619 bits per heavy atom. The van der Waals surface area contributed by atoms with Gasteiger partial charge in [0, 0.05) is 0 Å². The van der Waals surface area contributed by atoms with Crippen LogP contribution in [0.2, 0.25) is 0 Å². The summed E-state index contributed by atoms with van der Waals surface area (Å²) < 4.78 is 61.0. The second-order valence-electron chi connectivity index (χ2n) is 23.6.